The second-order valence-corrected chi connectivity index (χ2v) is 7.98. The van der Waals surface area contributed by atoms with Gasteiger partial charge in [-0.05, 0) is 65.7 Å². The summed E-state index contributed by atoms with van der Waals surface area (Å²) < 4.78 is 151. The molecule has 0 radical (unpaired) electrons. The molecule has 1 heterocycles. The minimum absolute atomic E-state index is 0.0679. The van der Waals surface area contributed by atoms with Crippen LogP contribution in [0.4, 0.5) is 13.2 Å². The third kappa shape index (κ3) is 5.74. The highest BCUT2D eigenvalue weighted by Gasteiger charge is 2.37. The van der Waals surface area contributed by atoms with Gasteiger partial charge in [0.25, 0.3) is 0 Å². The molecule has 196 valence electrons. The van der Waals surface area contributed by atoms with Crippen LogP contribution in [0.2, 0.25) is 0 Å². The van der Waals surface area contributed by atoms with E-state index in [0.717, 1.165) is 29.2 Å². The van der Waals surface area contributed by atoms with E-state index in [-0.39, 0.29) is 11.1 Å². The molecule has 37 heavy (non-hydrogen) atoms. The Kier molecular flexibility index (Phi) is 4.57. The summed E-state index contributed by atoms with van der Waals surface area (Å²) in [7, 11) is -5.23. The molecule has 0 saturated carbocycles. The maximum atomic E-state index is 13.6. The van der Waals surface area contributed by atoms with E-state index in [1.165, 1.54) is 31.3 Å². The number of nitrogens with one attached hydrogen (secondary N) is 1. The highest BCUT2D eigenvalue weighted by molar-refractivity contribution is 5.83. The molecule has 1 aliphatic rings. The molecule has 2 atom stereocenters. The third-order valence-electron chi connectivity index (χ3n) is 5.80. The normalized spacial score (nSPS) is 26.6. The fourth-order valence-electron chi connectivity index (χ4n) is 4.00. The van der Waals surface area contributed by atoms with Crippen molar-refractivity contribution in [1.29, 1.82) is 0 Å². The molecule has 0 spiro atoms. The smallest absolute Gasteiger partial charge is 0.416 e. The zero-order valence-electron chi connectivity index (χ0n) is 31.6. The second kappa shape index (κ2) is 11.3. The summed E-state index contributed by atoms with van der Waals surface area (Å²) in [5, 5.41) is 2.33. The van der Waals surface area contributed by atoms with Crippen molar-refractivity contribution in [2.45, 2.75) is 37.4 Å². The van der Waals surface area contributed by atoms with Crippen molar-refractivity contribution in [1.82, 2.24) is 10.2 Å². The molecule has 0 unspecified atom stereocenters. The summed E-state index contributed by atoms with van der Waals surface area (Å²) in [5.74, 6) is -2.60. The first-order chi connectivity index (χ1) is 22.2. The Labute approximate surface area is 232 Å². The van der Waals surface area contributed by atoms with Crippen LogP contribution in [-0.2, 0) is 23.7 Å². The maximum Gasteiger partial charge on any atom is 0.416 e. The number of rotatable bonds is 8. The van der Waals surface area contributed by atoms with E-state index in [1.54, 1.807) is 6.07 Å². The summed E-state index contributed by atoms with van der Waals surface area (Å²) in [6.45, 7) is -0.953. The van der Waals surface area contributed by atoms with Gasteiger partial charge in [-0.2, -0.15) is 13.2 Å². The zero-order valence-corrected chi connectivity index (χ0v) is 19.6. The summed E-state index contributed by atoms with van der Waals surface area (Å²) in [6, 6.07) is 6.45. The van der Waals surface area contributed by atoms with Gasteiger partial charge in [0.2, 0.25) is 5.91 Å². The average molecular weight is 525 g/mol. The Morgan fingerprint density at radius 2 is 1.86 bits per heavy atom. The minimum atomic E-state index is -4.74. The number of carbonyl (C=O) groups excluding carboxylic acids is 1. The zero-order chi connectivity index (χ0) is 37.0. The Bertz CT molecular complexity index is 1690. The maximum absolute atomic E-state index is 13.6. The van der Waals surface area contributed by atoms with Crippen LogP contribution in [0, 0.1) is 0 Å². The number of ether oxygens (including phenoxy) is 2. The average Bonchev–Trinajstić information content (AvgIpc) is 2.97. The van der Waals surface area contributed by atoms with Crippen molar-refractivity contribution in [3.63, 3.8) is 0 Å². The lowest BCUT2D eigenvalue weighted by Gasteiger charge is -2.42. The molecule has 0 aromatic heterocycles. The molecule has 3 aromatic carbocycles. The number of alkyl halides is 3. The van der Waals surface area contributed by atoms with Crippen molar-refractivity contribution in [2.75, 3.05) is 27.7 Å². The molecule has 1 amide bonds. The number of hydrogen-bond donors (Lipinski definition) is 1. The van der Waals surface area contributed by atoms with Crippen LogP contribution in [0.15, 0.2) is 66.7 Å². The Morgan fingerprint density at radius 1 is 1.19 bits per heavy atom. The molecule has 5 nitrogen and oxygen atoms in total. The molecule has 0 fully saturated rings. The number of amides is 1. The Morgan fingerprint density at radius 3 is 2.49 bits per heavy atom. The molecular formula is C29H31F3N2O3. The number of carbonyl (C=O) groups is 1. The van der Waals surface area contributed by atoms with Gasteiger partial charge in [0.05, 0.1) is 30.6 Å². The second-order valence-electron chi connectivity index (χ2n) is 7.98. The van der Waals surface area contributed by atoms with Crippen molar-refractivity contribution in [2.24, 2.45) is 0 Å². The molecule has 3 aromatic rings. The van der Waals surface area contributed by atoms with Gasteiger partial charge in [-0.25, -0.2) is 0 Å². The SMILES string of the molecule is [2H]C([2H])([2H])Oc1cc2c(cc1OC([2H])([2H])[2H])[C@]([2H])(CC([2H])([2H])c1ccc(C(F)(F)F)cc1)N([C@@]([2H])(C(=O)NC)c1ccccc1)CC2([2H])[2H]. The van der Waals surface area contributed by atoms with Gasteiger partial charge in [0.15, 0.2) is 11.5 Å². The molecule has 0 saturated heterocycles. The highest BCUT2D eigenvalue weighted by atomic mass is 19.4. The number of halogens is 3. The number of hydrogen-bond acceptors (Lipinski definition) is 4. The molecule has 1 N–H and O–H groups in total. The van der Waals surface area contributed by atoms with Gasteiger partial charge in [0.1, 0.15) is 6.02 Å². The number of benzene rings is 3. The lowest BCUT2D eigenvalue weighted by molar-refractivity contribution is -0.137. The first kappa shape index (κ1) is 15.0. The van der Waals surface area contributed by atoms with Crippen LogP contribution >= 0.6 is 0 Å². The van der Waals surface area contributed by atoms with Gasteiger partial charge in [-0.3, -0.25) is 9.69 Å². The van der Waals surface area contributed by atoms with Crippen LogP contribution < -0.4 is 14.8 Å². The van der Waals surface area contributed by atoms with Crippen LogP contribution in [-0.4, -0.2) is 38.5 Å². The molecule has 8 heteroatoms. The van der Waals surface area contributed by atoms with Gasteiger partial charge in [-0.1, -0.05) is 42.5 Å². The van der Waals surface area contributed by atoms with E-state index in [2.05, 4.69) is 5.32 Å². The number of methoxy groups -OCH3 is 2. The van der Waals surface area contributed by atoms with E-state index >= 15 is 0 Å². The quantitative estimate of drug-likeness (QED) is 0.408. The van der Waals surface area contributed by atoms with Crippen molar-refractivity contribution < 1.29 is 43.9 Å². The van der Waals surface area contributed by atoms with E-state index in [1.807, 2.05) is 0 Å². The first-order valence-corrected chi connectivity index (χ1v) is 11.0. The Balaban J connectivity index is 2.07. The number of fused-ring (bicyclic) bond motifs is 1. The molecule has 0 bridgehead atoms. The number of nitrogens with zero attached hydrogens (tertiary/aromatic N) is 1. The van der Waals surface area contributed by atoms with Crippen molar-refractivity contribution >= 4 is 5.91 Å². The first-order valence-electron chi connectivity index (χ1n) is 17.0. The van der Waals surface area contributed by atoms with Crippen LogP contribution in [0.5, 0.6) is 11.5 Å². The van der Waals surface area contributed by atoms with Gasteiger partial charge in [-0.15, -0.1) is 0 Å². The van der Waals surface area contributed by atoms with E-state index in [9.17, 15) is 20.7 Å². The monoisotopic (exact) mass is 524 g/mol. The van der Waals surface area contributed by atoms with Gasteiger partial charge < -0.3 is 14.8 Å². The largest absolute Gasteiger partial charge is 0.493 e. The summed E-state index contributed by atoms with van der Waals surface area (Å²) in [4.78, 5) is 14.4. The fraction of sp³-hybridized carbons (Fsp3) is 0.345. The molecular weight excluding hydrogens is 481 g/mol. The molecule has 0 aliphatic carbocycles. The van der Waals surface area contributed by atoms with Crippen LogP contribution in [0.3, 0.4) is 0 Å². The van der Waals surface area contributed by atoms with E-state index in [0.29, 0.717) is 12.1 Å². The molecule has 4 rings (SSSR count). The van der Waals surface area contributed by atoms with Crippen LogP contribution in [0.1, 0.15) is 62.7 Å². The lowest BCUT2D eigenvalue weighted by Crippen LogP contribution is -2.44. The summed E-state index contributed by atoms with van der Waals surface area (Å²) in [5.41, 5.74) is -2.47. The third-order valence-corrected chi connectivity index (χ3v) is 5.80. The van der Waals surface area contributed by atoms with Gasteiger partial charge in [0, 0.05) is 25.1 Å². The van der Waals surface area contributed by atoms with E-state index < -0.39 is 92.1 Å². The van der Waals surface area contributed by atoms with Gasteiger partial charge >= 0.3 is 6.18 Å². The van der Waals surface area contributed by atoms with Crippen molar-refractivity contribution in [3.8, 4) is 11.5 Å². The minimum Gasteiger partial charge on any atom is -0.493 e. The summed E-state index contributed by atoms with van der Waals surface area (Å²) in [6.07, 6.45) is -11.2. The van der Waals surface area contributed by atoms with Crippen LogP contribution in [0.25, 0.3) is 0 Å². The predicted molar refractivity (Wildman–Crippen MR) is 136 cm³/mol. The highest BCUT2D eigenvalue weighted by Crippen LogP contribution is 2.43. The van der Waals surface area contributed by atoms with Crippen molar-refractivity contribution in [3.05, 3.63) is 94.5 Å². The number of likely N-dealkylation sites (N-methyl/N-ethyl adjacent to an activating group) is 1. The Hall–Kier alpha value is -3.52. The topological polar surface area (TPSA) is 50.8 Å². The van der Waals surface area contributed by atoms with E-state index in [4.69, 9.17) is 23.2 Å². The predicted octanol–water partition coefficient (Wildman–Crippen LogP) is 5.74. The fourth-order valence-corrected chi connectivity index (χ4v) is 4.00. The lowest BCUT2D eigenvalue weighted by atomic mass is 9.86. The molecule has 1 aliphatic heterocycles. The number of aryl methyl sites for hydroxylation is 1. The summed E-state index contributed by atoms with van der Waals surface area (Å²) >= 11 is 0. The standard InChI is InChI=1S/C29H31F3N2O3/c1-33-28(35)27(20-7-5-4-6-8-20)34-16-15-21-17-25(36-2)26(37-3)18-23(21)24(34)14-11-19-9-12-22(13-10-19)29(30,31)32/h4-10,12-13,17-18,24,27H,11,14-16H2,1-3H3,(H,33,35)/t24-,27+/m0/s1/i2D3,3D3,11D2,15D2,24D,27D.